The van der Waals surface area contributed by atoms with Crippen LogP contribution in [0.15, 0.2) is 36.4 Å². The van der Waals surface area contributed by atoms with Crippen LogP contribution in [-0.2, 0) is 9.59 Å². The molecule has 13 heavy (non-hydrogen) atoms. The first-order valence-electron chi connectivity index (χ1n) is 3.97. The second-order valence-corrected chi connectivity index (χ2v) is 2.64. The molecule has 0 aliphatic carbocycles. The molecule has 0 radical (unpaired) electrons. The number of aldehydes is 1. The minimum Gasteiger partial charge on any atom is -0.299 e. The number of hydrogen-bond acceptors (Lipinski definition) is 2. The Morgan fingerprint density at radius 1 is 1.23 bits per heavy atom. The molecule has 0 spiro atoms. The monoisotopic (exact) mass is 174 g/mol. The second-order valence-electron chi connectivity index (χ2n) is 2.64. The van der Waals surface area contributed by atoms with E-state index in [1.54, 1.807) is 12.1 Å². The van der Waals surface area contributed by atoms with Crippen LogP contribution in [0.5, 0.6) is 0 Å². The van der Waals surface area contributed by atoms with Crippen LogP contribution in [0.4, 0.5) is 0 Å². The molecule has 0 saturated heterocycles. The lowest BCUT2D eigenvalue weighted by Crippen LogP contribution is -1.95. The minimum atomic E-state index is -0.0988. The molecule has 2 heteroatoms. The maximum absolute atomic E-state index is 11.1. The van der Waals surface area contributed by atoms with Crippen LogP contribution in [0.1, 0.15) is 12.5 Å². The van der Waals surface area contributed by atoms with E-state index in [1.165, 1.54) is 13.0 Å². The highest BCUT2D eigenvalue weighted by Gasteiger charge is 2.04. The molecule has 0 saturated carbocycles. The minimum absolute atomic E-state index is 0.0988. The van der Waals surface area contributed by atoms with Crippen molar-refractivity contribution >= 4 is 17.6 Å². The van der Waals surface area contributed by atoms with Gasteiger partial charge in [0.1, 0.15) is 6.29 Å². The summed E-state index contributed by atoms with van der Waals surface area (Å²) in [5.74, 6) is -0.0988. The van der Waals surface area contributed by atoms with E-state index in [4.69, 9.17) is 0 Å². The summed E-state index contributed by atoms with van der Waals surface area (Å²) in [5.41, 5.74) is 1.23. The van der Waals surface area contributed by atoms with E-state index in [2.05, 4.69) is 0 Å². The lowest BCUT2D eigenvalue weighted by atomic mass is 10.0. The molecule has 0 aromatic heterocycles. The SMILES string of the molecule is CC(=O)/C(=C/C=O)c1ccccc1. The fourth-order valence-electron chi connectivity index (χ4n) is 1.10. The van der Waals surface area contributed by atoms with E-state index in [1.807, 2.05) is 18.2 Å². The van der Waals surface area contributed by atoms with E-state index >= 15 is 0 Å². The Hall–Kier alpha value is -1.70. The predicted octanol–water partition coefficient (Wildman–Crippen LogP) is 1.86. The van der Waals surface area contributed by atoms with Crippen LogP contribution in [0.25, 0.3) is 5.57 Å². The summed E-state index contributed by atoms with van der Waals surface area (Å²) in [7, 11) is 0. The van der Waals surface area contributed by atoms with Crippen molar-refractivity contribution in [2.24, 2.45) is 0 Å². The Balaban J connectivity index is 3.10. The average molecular weight is 174 g/mol. The highest BCUT2D eigenvalue weighted by molar-refractivity contribution is 6.21. The molecule has 0 fully saturated rings. The van der Waals surface area contributed by atoms with Crippen LogP contribution in [0.2, 0.25) is 0 Å². The van der Waals surface area contributed by atoms with Crippen LogP contribution < -0.4 is 0 Å². The number of carbonyl (C=O) groups excluding carboxylic acids is 2. The van der Waals surface area contributed by atoms with Gasteiger partial charge < -0.3 is 0 Å². The van der Waals surface area contributed by atoms with Gasteiger partial charge in [0.25, 0.3) is 0 Å². The van der Waals surface area contributed by atoms with E-state index in [0.717, 1.165) is 5.56 Å². The van der Waals surface area contributed by atoms with Gasteiger partial charge in [-0.05, 0) is 18.6 Å². The van der Waals surface area contributed by atoms with Gasteiger partial charge in [-0.3, -0.25) is 9.59 Å². The molecule has 0 heterocycles. The lowest BCUT2D eigenvalue weighted by molar-refractivity contribution is -0.112. The van der Waals surface area contributed by atoms with Gasteiger partial charge in [-0.25, -0.2) is 0 Å². The highest BCUT2D eigenvalue weighted by atomic mass is 16.1. The van der Waals surface area contributed by atoms with Crippen LogP contribution in [0.3, 0.4) is 0 Å². The standard InChI is InChI=1S/C11H10O2/c1-9(13)11(7-8-12)10-5-3-2-4-6-10/h2-8H,1H3/b11-7-. The van der Waals surface area contributed by atoms with Crippen molar-refractivity contribution in [3.05, 3.63) is 42.0 Å². The largest absolute Gasteiger partial charge is 0.299 e. The predicted molar refractivity (Wildman–Crippen MR) is 51.2 cm³/mol. The Labute approximate surface area is 76.9 Å². The molecule has 2 nitrogen and oxygen atoms in total. The fraction of sp³-hybridized carbons (Fsp3) is 0.0909. The van der Waals surface area contributed by atoms with Crippen molar-refractivity contribution < 1.29 is 9.59 Å². The van der Waals surface area contributed by atoms with Crippen molar-refractivity contribution in [2.75, 3.05) is 0 Å². The second kappa shape index (κ2) is 4.36. The number of rotatable bonds is 3. The Bertz CT molecular complexity index is 336. The maximum atomic E-state index is 11.1. The summed E-state index contributed by atoms with van der Waals surface area (Å²) in [4.78, 5) is 21.4. The lowest BCUT2D eigenvalue weighted by Gasteiger charge is -2.00. The first-order valence-corrected chi connectivity index (χ1v) is 3.97. The quantitative estimate of drug-likeness (QED) is 0.517. The van der Waals surface area contributed by atoms with Gasteiger partial charge in [0.05, 0.1) is 0 Å². The third kappa shape index (κ3) is 2.37. The molecule has 66 valence electrons. The smallest absolute Gasteiger partial charge is 0.160 e. The topological polar surface area (TPSA) is 34.1 Å². The number of benzene rings is 1. The van der Waals surface area contributed by atoms with Crippen molar-refractivity contribution in [2.45, 2.75) is 6.92 Å². The van der Waals surface area contributed by atoms with Crippen LogP contribution >= 0.6 is 0 Å². The van der Waals surface area contributed by atoms with Crippen molar-refractivity contribution in [3.63, 3.8) is 0 Å². The van der Waals surface area contributed by atoms with Gasteiger partial charge >= 0.3 is 0 Å². The van der Waals surface area contributed by atoms with Gasteiger partial charge in [-0.15, -0.1) is 0 Å². The molecular weight excluding hydrogens is 164 g/mol. The zero-order valence-electron chi connectivity index (χ0n) is 7.36. The third-order valence-electron chi connectivity index (χ3n) is 1.70. The summed E-state index contributed by atoms with van der Waals surface area (Å²) >= 11 is 0. The summed E-state index contributed by atoms with van der Waals surface area (Å²) in [6, 6.07) is 9.13. The first-order chi connectivity index (χ1) is 6.25. The van der Waals surface area contributed by atoms with Crippen molar-refractivity contribution in [3.8, 4) is 0 Å². The van der Waals surface area contributed by atoms with Gasteiger partial charge in [-0.1, -0.05) is 30.3 Å². The number of hydrogen-bond donors (Lipinski definition) is 0. The van der Waals surface area contributed by atoms with Crippen LogP contribution in [-0.4, -0.2) is 12.1 Å². The zero-order valence-corrected chi connectivity index (χ0v) is 7.36. The average Bonchev–Trinajstić information content (AvgIpc) is 2.15. The Morgan fingerprint density at radius 2 is 1.85 bits per heavy atom. The molecule has 0 aliphatic heterocycles. The van der Waals surface area contributed by atoms with Gasteiger partial charge in [-0.2, -0.15) is 0 Å². The maximum Gasteiger partial charge on any atom is 0.160 e. The van der Waals surface area contributed by atoms with E-state index in [-0.39, 0.29) is 5.78 Å². The molecule has 0 aliphatic rings. The molecule has 0 N–H and O–H groups in total. The third-order valence-corrected chi connectivity index (χ3v) is 1.70. The fourth-order valence-corrected chi connectivity index (χ4v) is 1.10. The first kappa shape index (κ1) is 9.39. The Kier molecular flexibility index (Phi) is 3.15. The molecular formula is C11H10O2. The van der Waals surface area contributed by atoms with Gasteiger partial charge in [0.2, 0.25) is 0 Å². The van der Waals surface area contributed by atoms with Crippen LogP contribution in [0, 0.1) is 0 Å². The molecule has 0 atom stereocenters. The van der Waals surface area contributed by atoms with Crippen molar-refractivity contribution in [1.82, 2.24) is 0 Å². The molecule has 1 rings (SSSR count). The van der Waals surface area contributed by atoms with Gasteiger partial charge in [0, 0.05) is 5.57 Å². The highest BCUT2D eigenvalue weighted by Crippen LogP contribution is 2.13. The van der Waals surface area contributed by atoms with E-state index in [0.29, 0.717) is 11.9 Å². The Morgan fingerprint density at radius 3 is 2.31 bits per heavy atom. The number of ketones is 1. The number of allylic oxidation sites excluding steroid dienone is 2. The van der Waals surface area contributed by atoms with Crippen molar-refractivity contribution in [1.29, 1.82) is 0 Å². The molecule has 0 amide bonds. The molecule has 1 aromatic rings. The normalized spacial score (nSPS) is 11.0. The molecule has 0 bridgehead atoms. The summed E-state index contributed by atoms with van der Waals surface area (Å²) in [6.45, 7) is 1.45. The molecule has 1 aromatic carbocycles. The number of carbonyl (C=O) groups is 2. The molecule has 0 unspecified atom stereocenters. The van der Waals surface area contributed by atoms with E-state index < -0.39 is 0 Å². The summed E-state index contributed by atoms with van der Waals surface area (Å²) in [6.07, 6.45) is 1.92. The summed E-state index contributed by atoms with van der Waals surface area (Å²) < 4.78 is 0. The van der Waals surface area contributed by atoms with E-state index in [9.17, 15) is 9.59 Å². The number of Topliss-reactive ketones (excluding diaryl/α,β-unsaturated/α-hetero) is 1. The summed E-state index contributed by atoms with van der Waals surface area (Å²) in [5, 5.41) is 0. The zero-order chi connectivity index (χ0) is 9.68. The van der Waals surface area contributed by atoms with Gasteiger partial charge in [0.15, 0.2) is 5.78 Å².